The van der Waals surface area contributed by atoms with Crippen molar-refractivity contribution >= 4 is 9.84 Å². The average molecular weight is 285 g/mol. The van der Waals surface area contributed by atoms with Crippen LogP contribution in [0.3, 0.4) is 0 Å². The van der Waals surface area contributed by atoms with Gasteiger partial charge in [-0.15, -0.1) is 0 Å². The van der Waals surface area contributed by atoms with Gasteiger partial charge in [0.05, 0.1) is 17.2 Å². The second-order valence-electron chi connectivity index (χ2n) is 6.03. The van der Waals surface area contributed by atoms with Crippen LogP contribution >= 0.6 is 0 Å². The Labute approximate surface area is 118 Å². The van der Waals surface area contributed by atoms with Crippen LogP contribution in [0.2, 0.25) is 0 Å². The van der Waals surface area contributed by atoms with Gasteiger partial charge in [-0.2, -0.15) is 5.26 Å². The van der Waals surface area contributed by atoms with Crippen molar-refractivity contribution in [2.75, 3.05) is 11.5 Å². The lowest BCUT2D eigenvalue weighted by atomic mass is 9.69. The number of sulfone groups is 1. The Hall–Kier alpha value is -0.560. The van der Waals surface area contributed by atoms with Crippen LogP contribution in [0.25, 0.3) is 0 Å². The quantitative estimate of drug-likeness (QED) is 0.716. The van der Waals surface area contributed by atoms with Gasteiger partial charge in [-0.3, -0.25) is 0 Å². The molecule has 1 aliphatic rings. The molecular weight excluding hydrogens is 258 g/mol. The van der Waals surface area contributed by atoms with Crippen molar-refractivity contribution in [3.8, 4) is 6.07 Å². The molecule has 3 nitrogen and oxygen atoms in total. The zero-order valence-corrected chi connectivity index (χ0v) is 13.1. The van der Waals surface area contributed by atoms with E-state index in [1.54, 1.807) is 0 Å². The van der Waals surface area contributed by atoms with Gasteiger partial charge in [-0.25, -0.2) is 8.42 Å². The Morgan fingerprint density at radius 3 is 2.26 bits per heavy atom. The van der Waals surface area contributed by atoms with Gasteiger partial charge in [0.15, 0.2) is 0 Å². The van der Waals surface area contributed by atoms with Gasteiger partial charge in [0, 0.05) is 5.75 Å². The Kier molecular flexibility index (Phi) is 6.32. The lowest BCUT2D eigenvalue weighted by Gasteiger charge is -2.35. The summed E-state index contributed by atoms with van der Waals surface area (Å²) in [5.41, 5.74) is -0.370. The molecule has 1 fully saturated rings. The topological polar surface area (TPSA) is 57.9 Å². The van der Waals surface area contributed by atoms with Crippen molar-refractivity contribution in [3.63, 3.8) is 0 Å². The van der Waals surface area contributed by atoms with Crippen molar-refractivity contribution < 1.29 is 8.42 Å². The minimum atomic E-state index is -2.95. The highest BCUT2D eigenvalue weighted by Gasteiger charge is 2.36. The standard InChI is InChI=1S/C15H27NO2S/c1-3-5-14-6-8-15(13-16,9-7-14)10-12-19(17,18)11-4-2/h14H,3-12H2,1-2H3. The molecule has 110 valence electrons. The summed E-state index contributed by atoms with van der Waals surface area (Å²) in [6, 6.07) is 2.43. The fourth-order valence-electron chi connectivity index (χ4n) is 3.11. The van der Waals surface area contributed by atoms with Gasteiger partial charge in [-0.05, 0) is 44.4 Å². The molecule has 0 saturated heterocycles. The number of nitriles is 1. The molecule has 0 atom stereocenters. The highest BCUT2D eigenvalue weighted by Crippen LogP contribution is 2.42. The molecule has 19 heavy (non-hydrogen) atoms. The van der Waals surface area contributed by atoms with E-state index in [-0.39, 0.29) is 16.9 Å². The molecular formula is C15H27NO2S. The number of nitrogens with zero attached hydrogens (tertiary/aromatic N) is 1. The van der Waals surface area contributed by atoms with E-state index in [0.29, 0.717) is 12.8 Å². The predicted molar refractivity (Wildman–Crippen MR) is 78.5 cm³/mol. The SMILES string of the molecule is CCCC1CCC(C#N)(CCS(=O)(=O)CCC)CC1. The molecule has 0 amide bonds. The third-order valence-corrected chi connectivity index (χ3v) is 6.26. The first-order valence-corrected chi connectivity index (χ1v) is 9.41. The Bertz CT molecular complexity index is 400. The lowest BCUT2D eigenvalue weighted by molar-refractivity contribution is 0.197. The maximum Gasteiger partial charge on any atom is 0.150 e. The molecule has 1 rings (SSSR count). The van der Waals surface area contributed by atoms with Crippen LogP contribution in [0.4, 0.5) is 0 Å². The van der Waals surface area contributed by atoms with Crippen molar-refractivity contribution in [1.82, 2.24) is 0 Å². The summed E-state index contributed by atoms with van der Waals surface area (Å²) in [5.74, 6) is 1.19. The zero-order chi connectivity index (χ0) is 14.4. The van der Waals surface area contributed by atoms with E-state index >= 15 is 0 Å². The molecule has 1 saturated carbocycles. The van der Waals surface area contributed by atoms with Crippen LogP contribution in [-0.4, -0.2) is 19.9 Å². The second-order valence-corrected chi connectivity index (χ2v) is 8.33. The lowest BCUT2D eigenvalue weighted by Crippen LogP contribution is -2.29. The smallest absolute Gasteiger partial charge is 0.150 e. The summed E-state index contributed by atoms with van der Waals surface area (Å²) in [4.78, 5) is 0. The highest BCUT2D eigenvalue weighted by molar-refractivity contribution is 7.91. The summed E-state index contributed by atoms with van der Waals surface area (Å²) in [6.45, 7) is 4.08. The molecule has 0 aromatic carbocycles. The monoisotopic (exact) mass is 285 g/mol. The largest absolute Gasteiger partial charge is 0.229 e. The maximum absolute atomic E-state index is 11.8. The van der Waals surface area contributed by atoms with E-state index in [2.05, 4.69) is 13.0 Å². The molecule has 4 heteroatoms. The molecule has 1 aliphatic carbocycles. The van der Waals surface area contributed by atoms with Gasteiger partial charge >= 0.3 is 0 Å². The van der Waals surface area contributed by atoms with Crippen LogP contribution < -0.4 is 0 Å². The third kappa shape index (κ3) is 5.14. The zero-order valence-electron chi connectivity index (χ0n) is 12.3. The van der Waals surface area contributed by atoms with Crippen molar-refractivity contribution in [2.24, 2.45) is 11.3 Å². The predicted octanol–water partition coefficient (Wildman–Crippen LogP) is 3.70. The molecule has 0 heterocycles. The van der Waals surface area contributed by atoms with Crippen LogP contribution in [0, 0.1) is 22.7 Å². The van der Waals surface area contributed by atoms with Gasteiger partial charge in [0.2, 0.25) is 0 Å². The van der Waals surface area contributed by atoms with Gasteiger partial charge in [-0.1, -0.05) is 26.7 Å². The highest BCUT2D eigenvalue weighted by atomic mass is 32.2. The second kappa shape index (κ2) is 7.28. The van der Waals surface area contributed by atoms with E-state index in [0.717, 1.165) is 31.6 Å². The fraction of sp³-hybridized carbons (Fsp3) is 0.933. The summed E-state index contributed by atoms with van der Waals surface area (Å²) < 4.78 is 23.6. The Morgan fingerprint density at radius 1 is 1.16 bits per heavy atom. The van der Waals surface area contributed by atoms with E-state index in [4.69, 9.17) is 0 Å². The van der Waals surface area contributed by atoms with Crippen molar-refractivity contribution in [3.05, 3.63) is 0 Å². The normalized spacial score (nSPS) is 27.9. The third-order valence-electron chi connectivity index (χ3n) is 4.40. The number of hydrogen-bond donors (Lipinski definition) is 0. The summed E-state index contributed by atoms with van der Waals surface area (Å²) >= 11 is 0. The van der Waals surface area contributed by atoms with E-state index in [1.165, 1.54) is 12.8 Å². The molecule has 0 aromatic heterocycles. The Morgan fingerprint density at radius 2 is 1.79 bits per heavy atom. The average Bonchev–Trinajstić information content (AvgIpc) is 2.39. The van der Waals surface area contributed by atoms with Gasteiger partial charge in [0.25, 0.3) is 0 Å². The summed E-state index contributed by atoms with van der Waals surface area (Å²) in [7, 11) is -2.95. The van der Waals surface area contributed by atoms with Crippen molar-refractivity contribution in [2.45, 2.75) is 65.2 Å². The van der Waals surface area contributed by atoms with Gasteiger partial charge in [0.1, 0.15) is 9.84 Å². The van der Waals surface area contributed by atoms with Gasteiger partial charge < -0.3 is 0 Å². The van der Waals surface area contributed by atoms with Crippen LogP contribution in [0.15, 0.2) is 0 Å². The van der Waals surface area contributed by atoms with Crippen molar-refractivity contribution in [1.29, 1.82) is 5.26 Å². The molecule has 0 spiro atoms. The molecule has 0 bridgehead atoms. The number of hydrogen-bond acceptors (Lipinski definition) is 3. The van der Waals surface area contributed by atoms with E-state index in [9.17, 15) is 13.7 Å². The first-order chi connectivity index (χ1) is 8.97. The number of rotatable bonds is 7. The first kappa shape index (κ1) is 16.5. The molecule has 0 N–H and O–H groups in total. The Balaban J connectivity index is 2.53. The van der Waals surface area contributed by atoms with Crippen LogP contribution in [0.1, 0.15) is 65.2 Å². The minimum Gasteiger partial charge on any atom is -0.229 e. The van der Waals surface area contributed by atoms with E-state index < -0.39 is 9.84 Å². The molecule has 0 radical (unpaired) electrons. The summed E-state index contributed by atoms with van der Waals surface area (Å²) in [5, 5.41) is 9.44. The van der Waals surface area contributed by atoms with Crippen LogP contribution in [0.5, 0.6) is 0 Å². The maximum atomic E-state index is 11.8. The molecule has 0 unspecified atom stereocenters. The molecule has 0 aromatic rings. The summed E-state index contributed by atoms with van der Waals surface area (Å²) in [6.07, 6.45) is 7.60. The molecule has 0 aliphatic heterocycles. The first-order valence-electron chi connectivity index (χ1n) is 7.58. The van der Waals surface area contributed by atoms with E-state index in [1.807, 2.05) is 6.92 Å². The fourth-order valence-corrected chi connectivity index (χ4v) is 4.64. The van der Waals surface area contributed by atoms with Crippen LogP contribution in [-0.2, 0) is 9.84 Å². The minimum absolute atomic E-state index is 0.187.